The first-order valence-corrected chi connectivity index (χ1v) is 45.5. The second-order valence-corrected chi connectivity index (χ2v) is 33.4. The molecule has 0 rings (SSSR count). The molecule has 2 unspecified atom stereocenters. The normalized spacial score (nSPS) is 13.9. The maximum absolute atomic E-state index is 13.1. The van der Waals surface area contributed by atoms with E-state index in [4.69, 9.17) is 37.0 Å². The van der Waals surface area contributed by atoms with Crippen LogP contribution in [-0.2, 0) is 65.4 Å². The van der Waals surface area contributed by atoms with Crippen molar-refractivity contribution in [2.24, 2.45) is 11.8 Å². The summed E-state index contributed by atoms with van der Waals surface area (Å²) in [4.78, 5) is 73.1. The lowest BCUT2D eigenvalue weighted by Gasteiger charge is -2.21. The molecule has 101 heavy (non-hydrogen) atoms. The Morgan fingerprint density at radius 2 is 0.455 bits per heavy atom. The highest BCUT2D eigenvalue weighted by molar-refractivity contribution is 7.47. The molecule has 3 N–H and O–H groups in total. The monoisotopic (exact) mass is 1480 g/mol. The molecule has 0 radical (unpaired) electrons. The summed E-state index contributed by atoms with van der Waals surface area (Å²) in [5, 5.41) is 10.7. The number of phosphoric acid groups is 2. The van der Waals surface area contributed by atoms with Gasteiger partial charge in [-0.15, -0.1) is 0 Å². The standard InChI is InChI=1S/C82H160O17P2/c1-7-9-11-13-15-17-19-21-23-24-25-28-32-35-39-46-52-58-64-79(84)92-70-77(98-82(87)67-61-55-49-41-37-33-29-26-27-30-34-38-44-50-56-62-74(3)4)72-96-100(88,89)94-68-76(83)69-95-101(90,91)97-73-78(71-93-80(85)65-59-53-47-43-42-45-51-57-63-75(5)6)99-81(86)66-60-54-48-40-36-31-22-20-18-16-14-12-10-8-2/h74-78,83H,7-73H2,1-6H3,(H,88,89)(H,90,91)/t76-,77-,78-/m1/s1. The molecule has 0 amide bonds. The Morgan fingerprint density at radius 3 is 0.673 bits per heavy atom. The van der Waals surface area contributed by atoms with E-state index >= 15 is 0 Å². The van der Waals surface area contributed by atoms with Crippen molar-refractivity contribution in [3.05, 3.63) is 0 Å². The average Bonchev–Trinajstić information content (AvgIpc) is 0.999. The number of aliphatic hydroxyl groups is 1. The number of esters is 4. The van der Waals surface area contributed by atoms with Crippen molar-refractivity contribution >= 4 is 39.5 Å². The number of rotatable bonds is 81. The highest BCUT2D eigenvalue weighted by Gasteiger charge is 2.30. The molecule has 0 aliphatic heterocycles. The van der Waals surface area contributed by atoms with E-state index < -0.39 is 97.5 Å². The van der Waals surface area contributed by atoms with E-state index in [9.17, 15) is 43.2 Å². The van der Waals surface area contributed by atoms with Crippen LogP contribution in [0.25, 0.3) is 0 Å². The number of carbonyl (C=O) groups excluding carboxylic acids is 4. The predicted molar refractivity (Wildman–Crippen MR) is 414 cm³/mol. The first-order valence-electron chi connectivity index (χ1n) is 42.5. The molecule has 0 fully saturated rings. The summed E-state index contributed by atoms with van der Waals surface area (Å²) in [7, 11) is -9.92. The molecule has 5 atom stereocenters. The summed E-state index contributed by atoms with van der Waals surface area (Å²) in [6.45, 7) is 9.64. The predicted octanol–water partition coefficient (Wildman–Crippen LogP) is 24.7. The van der Waals surface area contributed by atoms with Gasteiger partial charge in [0.25, 0.3) is 0 Å². The zero-order chi connectivity index (χ0) is 74.2. The Hall–Kier alpha value is -1.94. The highest BCUT2D eigenvalue weighted by Crippen LogP contribution is 2.45. The molecule has 0 aromatic rings. The third kappa shape index (κ3) is 76.1. The first-order chi connectivity index (χ1) is 48.9. The van der Waals surface area contributed by atoms with Crippen molar-refractivity contribution in [3.8, 4) is 0 Å². The van der Waals surface area contributed by atoms with E-state index in [0.717, 1.165) is 102 Å². The number of carbonyl (C=O) groups is 4. The molecular weight excluding hydrogens is 1320 g/mol. The van der Waals surface area contributed by atoms with Gasteiger partial charge in [0.15, 0.2) is 12.2 Å². The van der Waals surface area contributed by atoms with Gasteiger partial charge in [0.05, 0.1) is 26.4 Å². The lowest BCUT2D eigenvalue weighted by atomic mass is 10.0. The van der Waals surface area contributed by atoms with Gasteiger partial charge in [0.2, 0.25) is 0 Å². The summed E-state index contributed by atoms with van der Waals surface area (Å²) >= 11 is 0. The SMILES string of the molecule is CCCCCCCCCCCCCCCCCCCCC(=O)OC[C@H](COP(=O)(O)OC[C@@H](O)COP(=O)(O)OC[C@@H](COC(=O)CCCCCCCCCCC(C)C)OC(=O)CCCCCCCCCCCCCCCC)OC(=O)CCCCCCCCCCCCCCCCCC(C)C. The van der Waals surface area contributed by atoms with Gasteiger partial charge in [-0.2, -0.15) is 0 Å². The quantitative estimate of drug-likeness (QED) is 0.0222. The summed E-state index contributed by atoms with van der Waals surface area (Å²) < 4.78 is 68.8. The van der Waals surface area contributed by atoms with Crippen LogP contribution in [0.5, 0.6) is 0 Å². The molecule has 17 nitrogen and oxygen atoms in total. The second kappa shape index (κ2) is 73.6. The number of unbranched alkanes of at least 4 members (excludes halogenated alkanes) is 51. The minimum atomic E-state index is -4.96. The largest absolute Gasteiger partial charge is 0.472 e. The van der Waals surface area contributed by atoms with Gasteiger partial charge >= 0.3 is 39.5 Å². The van der Waals surface area contributed by atoms with Gasteiger partial charge in [-0.25, -0.2) is 9.13 Å². The number of phosphoric ester groups is 2. The van der Waals surface area contributed by atoms with Gasteiger partial charge in [0, 0.05) is 25.7 Å². The Labute approximate surface area is 619 Å². The molecule has 0 spiro atoms. The number of hydrogen-bond donors (Lipinski definition) is 3. The molecule has 0 saturated heterocycles. The zero-order valence-electron chi connectivity index (χ0n) is 66.2. The summed E-state index contributed by atoms with van der Waals surface area (Å²) in [6, 6.07) is 0. The van der Waals surface area contributed by atoms with Crippen molar-refractivity contribution in [1.82, 2.24) is 0 Å². The molecule has 0 saturated carbocycles. The third-order valence-corrected chi connectivity index (χ3v) is 21.1. The fourth-order valence-corrected chi connectivity index (χ4v) is 14.3. The minimum absolute atomic E-state index is 0.108. The van der Waals surface area contributed by atoms with Crippen LogP contribution in [0.4, 0.5) is 0 Å². The van der Waals surface area contributed by atoms with E-state index in [1.807, 2.05) is 0 Å². The molecule has 0 aliphatic carbocycles. The molecular formula is C82H160O17P2. The summed E-state index contributed by atoms with van der Waals surface area (Å²) in [5.74, 6) is -0.577. The first kappa shape index (κ1) is 99.1. The molecule has 19 heteroatoms. The van der Waals surface area contributed by atoms with Crippen LogP contribution >= 0.6 is 15.6 Å². The van der Waals surface area contributed by atoms with Gasteiger partial charge in [-0.1, -0.05) is 382 Å². The van der Waals surface area contributed by atoms with Crippen LogP contribution in [0.1, 0.15) is 433 Å². The molecule has 0 aromatic heterocycles. The van der Waals surface area contributed by atoms with Gasteiger partial charge < -0.3 is 33.8 Å². The Kier molecular flexibility index (Phi) is 72.2. The number of aliphatic hydroxyl groups excluding tert-OH is 1. The molecule has 600 valence electrons. The summed E-state index contributed by atoms with van der Waals surface area (Å²) in [6.07, 6.45) is 63.8. The van der Waals surface area contributed by atoms with Crippen LogP contribution in [-0.4, -0.2) is 96.7 Å². The highest BCUT2D eigenvalue weighted by atomic mass is 31.2. The zero-order valence-corrected chi connectivity index (χ0v) is 68.0. The minimum Gasteiger partial charge on any atom is -0.462 e. The van der Waals surface area contributed by atoms with E-state index in [1.54, 1.807) is 0 Å². The van der Waals surface area contributed by atoms with E-state index in [-0.39, 0.29) is 25.7 Å². The maximum Gasteiger partial charge on any atom is 0.472 e. The molecule has 0 bridgehead atoms. The average molecular weight is 1480 g/mol. The molecule has 0 aliphatic rings. The maximum atomic E-state index is 13.1. The Morgan fingerprint density at radius 1 is 0.267 bits per heavy atom. The van der Waals surface area contributed by atoms with Crippen molar-refractivity contribution in [2.45, 2.75) is 452 Å². The lowest BCUT2D eigenvalue weighted by molar-refractivity contribution is -0.161. The van der Waals surface area contributed by atoms with Gasteiger partial charge in [-0.3, -0.25) is 37.3 Å². The van der Waals surface area contributed by atoms with Crippen molar-refractivity contribution < 1.29 is 80.2 Å². The van der Waals surface area contributed by atoms with Gasteiger partial charge in [-0.05, 0) is 37.5 Å². The third-order valence-electron chi connectivity index (χ3n) is 19.2. The van der Waals surface area contributed by atoms with E-state index in [0.29, 0.717) is 25.7 Å². The van der Waals surface area contributed by atoms with Crippen LogP contribution in [0.3, 0.4) is 0 Å². The topological polar surface area (TPSA) is 237 Å². The van der Waals surface area contributed by atoms with Crippen molar-refractivity contribution in [2.75, 3.05) is 39.6 Å². The van der Waals surface area contributed by atoms with Crippen LogP contribution in [0.2, 0.25) is 0 Å². The lowest BCUT2D eigenvalue weighted by Crippen LogP contribution is -2.30. The molecule has 0 heterocycles. The van der Waals surface area contributed by atoms with Crippen LogP contribution in [0, 0.1) is 11.8 Å². The smallest absolute Gasteiger partial charge is 0.462 e. The van der Waals surface area contributed by atoms with Crippen molar-refractivity contribution in [3.63, 3.8) is 0 Å². The summed E-state index contributed by atoms with van der Waals surface area (Å²) in [5.41, 5.74) is 0. The van der Waals surface area contributed by atoms with Crippen molar-refractivity contribution in [1.29, 1.82) is 0 Å². The number of hydrogen-bond acceptors (Lipinski definition) is 15. The molecule has 0 aromatic carbocycles. The van der Waals surface area contributed by atoms with Crippen LogP contribution in [0.15, 0.2) is 0 Å². The fraction of sp³-hybridized carbons (Fsp3) is 0.951. The fourth-order valence-electron chi connectivity index (χ4n) is 12.7. The Balaban J connectivity index is 5.25. The van der Waals surface area contributed by atoms with Gasteiger partial charge in [0.1, 0.15) is 19.3 Å². The number of ether oxygens (including phenoxy) is 4. The van der Waals surface area contributed by atoms with Crippen LogP contribution < -0.4 is 0 Å². The second-order valence-electron chi connectivity index (χ2n) is 30.5. The Bertz CT molecular complexity index is 1940. The van der Waals surface area contributed by atoms with E-state index in [2.05, 4.69) is 41.5 Å². The van der Waals surface area contributed by atoms with E-state index in [1.165, 1.54) is 250 Å².